The fraction of sp³-hybridized carbons (Fsp3) is 0.152. The Morgan fingerprint density at radius 3 is 2.08 bits per heavy atom. The first-order valence-corrected chi connectivity index (χ1v) is 14.0. The SMILES string of the molecule is O=C(N/N=C/C12c3ccccc3C(c3ccccc31)[C@@H]1C(=O)N(Cc3ccccc3)C(=O)[C@H]12)c1ccc(Br)cc1. The molecule has 1 aliphatic heterocycles. The third-order valence-corrected chi connectivity index (χ3v) is 9.03. The average molecular weight is 590 g/mol. The number of rotatable bonds is 5. The summed E-state index contributed by atoms with van der Waals surface area (Å²) in [5.74, 6) is -2.20. The third kappa shape index (κ3) is 3.54. The lowest BCUT2D eigenvalue weighted by Crippen LogP contribution is -2.54. The maximum Gasteiger partial charge on any atom is 0.271 e. The van der Waals surface area contributed by atoms with E-state index in [9.17, 15) is 14.4 Å². The molecule has 196 valence electrons. The van der Waals surface area contributed by atoms with Gasteiger partial charge >= 0.3 is 0 Å². The molecular formula is C33H24BrN3O3. The number of amides is 3. The van der Waals surface area contributed by atoms with Crippen molar-refractivity contribution in [3.63, 3.8) is 0 Å². The van der Waals surface area contributed by atoms with Gasteiger partial charge in [0, 0.05) is 22.2 Å². The maximum absolute atomic E-state index is 14.3. The van der Waals surface area contributed by atoms with Crippen LogP contribution in [0.3, 0.4) is 0 Å². The Morgan fingerprint density at radius 2 is 1.43 bits per heavy atom. The van der Waals surface area contributed by atoms with E-state index in [1.807, 2.05) is 78.9 Å². The summed E-state index contributed by atoms with van der Waals surface area (Å²) in [4.78, 5) is 42.7. The zero-order valence-corrected chi connectivity index (χ0v) is 22.9. The standard InChI is InChI=1S/C33H24BrN3O3/c34-22-16-14-21(15-17-22)30(38)36-35-19-33-25-12-6-4-10-23(25)27(24-11-5-7-13-26(24)33)28-29(33)32(40)37(31(28)39)18-20-8-2-1-3-9-20/h1-17,19,27-29H,18H2,(H,36,38)/b35-19+/t27?,28-,29-,33?/m0/s1. The van der Waals surface area contributed by atoms with Crippen molar-refractivity contribution < 1.29 is 14.4 Å². The van der Waals surface area contributed by atoms with Gasteiger partial charge in [-0.15, -0.1) is 0 Å². The van der Waals surface area contributed by atoms with Gasteiger partial charge in [0.25, 0.3) is 5.91 Å². The van der Waals surface area contributed by atoms with Crippen LogP contribution >= 0.6 is 15.9 Å². The number of carbonyl (C=O) groups is 3. The lowest BCUT2D eigenvalue weighted by Gasteiger charge is -2.52. The molecule has 8 rings (SSSR count). The number of nitrogens with zero attached hydrogens (tertiary/aromatic N) is 2. The average Bonchev–Trinajstić information content (AvgIpc) is 3.24. The van der Waals surface area contributed by atoms with E-state index in [0.717, 1.165) is 32.3 Å². The van der Waals surface area contributed by atoms with Crippen molar-refractivity contribution in [2.45, 2.75) is 17.9 Å². The Bertz CT molecular complexity index is 1650. The van der Waals surface area contributed by atoms with Crippen molar-refractivity contribution in [1.82, 2.24) is 10.3 Å². The van der Waals surface area contributed by atoms with E-state index in [2.05, 4.69) is 26.5 Å². The fourth-order valence-corrected chi connectivity index (χ4v) is 7.15. The summed E-state index contributed by atoms with van der Waals surface area (Å²) in [5.41, 5.74) is 6.96. The molecule has 4 aliphatic rings. The summed E-state index contributed by atoms with van der Waals surface area (Å²) in [5, 5.41) is 4.47. The number of imide groups is 1. The number of hydrogen-bond donors (Lipinski definition) is 1. The number of hydrazone groups is 1. The monoisotopic (exact) mass is 589 g/mol. The van der Waals surface area contributed by atoms with E-state index in [4.69, 9.17) is 0 Å². The molecule has 1 heterocycles. The van der Waals surface area contributed by atoms with Gasteiger partial charge in [0.1, 0.15) is 0 Å². The quantitative estimate of drug-likeness (QED) is 0.192. The second-order valence-corrected chi connectivity index (χ2v) is 11.4. The third-order valence-electron chi connectivity index (χ3n) is 8.50. The minimum absolute atomic E-state index is 0.162. The van der Waals surface area contributed by atoms with Crippen LogP contribution < -0.4 is 5.43 Å². The second kappa shape index (κ2) is 9.38. The van der Waals surface area contributed by atoms with E-state index in [1.165, 1.54) is 4.90 Å². The number of hydrogen-bond acceptors (Lipinski definition) is 4. The molecule has 3 amide bonds. The number of nitrogens with one attached hydrogen (secondary N) is 1. The molecule has 0 unspecified atom stereocenters. The molecule has 1 saturated heterocycles. The minimum Gasteiger partial charge on any atom is -0.278 e. The van der Waals surface area contributed by atoms with E-state index in [1.54, 1.807) is 30.5 Å². The van der Waals surface area contributed by atoms with Gasteiger partial charge in [0.05, 0.1) is 23.8 Å². The molecule has 0 spiro atoms. The zero-order chi connectivity index (χ0) is 27.4. The number of likely N-dealkylation sites (tertiary alicyclic amines) is 1. The van der Waals surface area contributed by atoms with Crippen LogP contribution in [-0.2, 0) is 21.5 Å². The largest absolute Gasteiger partial charge is 0.278 e. The predicted octanol–water partition coefficient (Wildman–Crippen LogP) is 5.41. The van der Waals surface area contributed by atoms with Crippen LogP contribution in [0.15, 0.2) is 113 Å². The summed E-state index contributed by atoms with van der Waals surface area (Å²) in [6.45, 7) is 0.221. The fourth-order valence-electron chi connectivity index (χ4n) is 6.89. The molecule has 4 aromatic rings. The van der Waals surface area contributed by atoms with Crippen molar-refractivity contribution in [2.24, 2.45) is 16.9 Å². The Balaban J connectivity index is 1.36. The van der Waals surface area contributed by atoms with Crippen LogP contribution in [-0.4, -0.2) is 28.8 Å². The number of benzene rings is 4. The maximum atomic E-state index is 14.3. The Labute approximate surface area is 239 Å². The van der Waals surface area contributed by atoms with Gasteiger partial charge < -0.3 is 0 Å². The van der Waals surface area contributed by atoms with E-state index >= 15 is 0 Å². The molecule has 7 heteroatoms. The number of halogens is 1. The van der Waals surface area contributed by atoms with Crippen molar-refractivity contribution >= 4 is 39.9 Å². The molecule has 2 bridgehead atoms. The van der Waals surface area contributed by atoms with Crippen LogP contribution in [0.25, 0.3) is 0 Å². The van der Waals surface area contributed by atoms with Crippen LogP contribution in [0, 0.1) is 11.8 Å². The summed E-state index contributed by atoms with van der Waals surface area (Å²) in [6, 6.07) is 32.6. The normalized spacial score (nSPS) is 24.1. The van der Waals surface area contributed by atoms with Crippen LogP contribution in [0.5, 0.6) is 0 Å². The summed E-state index contributed by atoms with van der Waals surface area (Å²) in [7, 11) is 0. The Morgan fingerprint density at radius 1 is 0.825 bits per heavy atom. The molecule has 0 saturated carbocycles. The molecular weight excluding hydrogens is 566 g/mol. The lowest BCUT2D eigenvalue weighted by atomic mass is 9.47. The summed E-state index contributed by atoms with van der Waals surface area (Å²) < 4.78 is 0.870. The predicted molar refractivity (Wildman–Crippen MR) is 155 cm³/mol. The minimum atomic E-state index is -1.02. The number of carbonyl (C=O) groups excluding carboxylic acids is 3. The second-order valence-electron chi connectivity index (χ2n) is 10.5. The van der Waals surface area contributed by atoms with E-state index in [-0.39, 0.29) is 30.2 Å². The van der Waals surface area contributed by atoms with E-state index < -0.39 is 17.3 Å². The highest BCUT2D eigenvalue weighted by Gasteiger charge is 2.67. The molecule has 1 N–H and O–H groups in total. The molecule has 3 aliphatic carbocycles. The highest BCUT2D eigenvalue weighted by Crippen LogP contribution is 2.63. The van der Waals surface area contributed by atoms with Gasteiger partial charge in [-0.25, -0.2) is 5.43 Å². The first-order chi connectivity index (χ1) is 19.5. The molecule has 0 aromatic heterocycles. The molecule has 6 nitrogen and oxygen atoms in total. The zero-order valence-electron chi connectivity index (χ0n) is 21.3. The van der Waals surface area contributed by atoms with Crippen molar-refractivity contribution in [3.05, 3.63) is 141 Å². The lowest BCUT2D eigenvalue weighted by molar-refractivity contribution is -0.140. The molecule has 40 heavy (non-hydrogen) atoms. The van der Waals surface area contributed by atoms with Gasteiger partial charge in [0.2, 0.25) is 11.8 Å². The molecule has 4 aromatic carbocycles. The first kappa shape index (κ1) is 24.7. The Kier molecular flexibility index (Phi) is 5.78. The summed E-state index contributed by atoms with van der Waals surface area (Å²) >= 11 is 3.39. The van der Waals surface area contributed by atoms with Gasteiger partial charge in [-0.05, 0) is 52.1 Å². The highest BCUT2D eigenvalue weighted by molar-refractivity contribution is 9.10. The van der Waals surface area contributed by atoms with Crippen molar-refractivity contribution in [3.8, 4) is 0 Å². The topological polar surface area (TPSA) is 78.8 Å². The van der Waals surface area contributed by atoms with Crippen molar-refractivity contribution in [1.29, 1.82) is 0 Å². The molecule has 1 fully saturated rings. The van der Waals surface area contributed by atoms with E-state index in [0.29, 0.717) is 5.56 Å². The molecule has 0 radical (unpaired) electrons. The van der Waals surface area contributed by atoms with Crippen LogP contribution in [0.1, 0.15) is 44.1 Å². The van der Waals surface area contributed by atoms with Gasteiger partial charge in [-0.3, -0.25) is 19.3 Å². The smallest absolute Gasteiger partial charge is 0.271 e. The molecule has 2 atom stereocenters. The van der Waals surface area contributed by atoms with Crippen LogP contribution in [0.4, 0.5) is 0 Å². The first-order valence-electron chi connectivity index (χ1n) is 13.2. The highest BCUT2D eigenvalue weighted by atomic mass is 79.9. The van der Waals surface area contributed by atoms with Gasteiger partial charge in [-0.2, -0.15) is 5.10 Å². The van der Waals surface area contributed by atoms with Gasteiger partial charge in [-0.1, -0.05) is 94.8 Å². The Hall–Kier alpha value is -4.36. The summed E-state index contributed by atoms with van der Waals surface area (Å²) in [6.07, 6.45) is 1.69. The van der Waals surface area contributed by atoms with Gasteiger partial charge in [0.15, 0.2) is 0 Å². The van der Waals surface area contributed by atoms with Crippen molar-refractivity contribution in [2.75, 3.05) is 0 Å². The van der Waals surface area contributed by atoms with Crippen LogP contribution in [0.2, 0.25) is 0 Å².